The van der Waals surface area contributed by atoms with Gasteiger partial charge in [0.1, 0.15) is 17.0 Å². The summed E-state index contributed by atoms with van der Waals surface area (Å²) >= 11 is 0. The van der Waals surface area contributed by atoms with Crippen LogP contribution in [0.15, 0.2) is 36.5 Å². The van der Waals surface area contributed by atoms with Crippen molar-refractivity contribution in [3.05, 3.63) is 48.2 Å². The Balaban J connectivity index is 1.40. The molecule has 7 nitrogen and oxygen atoms in total. The maximum Gasteiger partial charge on any atom is 0.233 e. The highest BCUT2D eigenvalue weighted by Gasteiger charge is 2.22. The second-order valence-electron chi connectivity index (χ2n) is 8.63. The maximum atomic E-state index is 15.7. The second-order valence-corrected chi connectivity index (χ2v) is 8.63. The molecule has 0 saturated carbocycles. The van der Waals surface area contributed by atoms with Gasteiger partial charge in [-0.05, 0) is 63.5 Å². The van der Waals surface area contributed by atoms with E-state index in [9.17, 15) is 0 Å². The number of ether oxygens (including phenoxy) is 3. The molecule has 8 heteroatoms. The van der Waals surface area contributed by atoms with E-state index in [1.807, 2.05) is 30.5 Å². The summed E-state index contributed by atoms with van der Waals surface area (Å²) < 4.78 is 33.0. The molecule has 2 aromatic heterocycles. The lowest BCUT2D eigenvalue weighted by Crippen LogP contribution is -2.31. The van der Waals surface area contributed by atoms with Crippen LogP contribution >= 0.6 is 0 Å². The van der Waals surface area contributed by atoms with Crippen molar-refractivity contribution in [2.45, 2.75) is 32.6 Å². The number of nitrogens with one attached hydrogen (secondary N) is 1. The molecule has 0 unspecified atom stereocenters. The Labute approximate surface area is 197 Å². The van der Waals surface area contributed by atoms with Gasteiger partial charge in [-0.15, -0.1) is 0 Å². The number of piperidine rings is 1. The van der Waals surface area contributed by atoms with Crippen molar-refractivity contribution in [1.82, 2.24) is 19.9 Å². The first-order valence-corrected chi connectivity index (χ1v) is 11.8. The number of hydrogen-bond acceptors (Lipinski definition) is 6. The molecule has 0 atom stereocenters. The van der Waals surface area contributed by atoms with Crippen LogP contribution in [0.5, 0.6) is 23.1 Å². The lowest BCUT2D eigenvalue weighted by Gasteiger charge is -2.26. The van der Waals surface area contributed by atoms with E-state index in [0.717, 1.165) is 37.0 Å². The van der Waals surface area contributed by atoms with E-state index in [-0.39, 0.29) is 17.0 Å². The smallest absolute Gasteiger partial charge is 0.233 e. The molecule has 1 fully saturated rings. The van der Waals surface area contributed by atoms with Gasteiger partial charge in [-0.3, -0.25) is 0 Å². The van der Waals surface area contributed by atoms with Gasteiger partial charge in [0.05, 0.1) is 19.2 Å². The van der Waals surface area contributed by atoms with Crippen LogP contribution in [0.1, 0.15) is 31.5 Å². The number of likely N-dealkylation sites (tertiary alicyclic amines) is 1. The molecule has 1 aliphatic heterocycles. The monoisotopic (exact) mass is 464 g/mol. The van der Waals surface area contributed by atoms with Crippen molar-refractivity contribution in [1.29, 1.82) is 0 Å². The fourth-order valence-corrected chi connectivity index (χ4v) is 4.52. The van der Waals surface area contributed by atoms with Gasteiger partial charge >= 0.3 is 0 Å². The summed E-state index contributed by atoms with van der Waals surface area (Å²) in [6.07, 6.45) is 6.55. The molecule has 0 aliphatic carbocycles. The lowest BCUT2D eigenvalue weighted by atomic mass is 10.1. The van der Waals surface area contributed by atoms with Crippen LogP contribution in [0.4, 0.5) is 4.39 Å². The Morgan fingerprint density at radius 3 is 2.76 bits per heavy atom. The van der Waals surface area contributed by atoms with Gasteiger partial charge in [-0.1, -0.05) is 6.42 Å². The third kappa shape index (κ3) is 4.63. The SMILES string of the molecule is COc1c(OCCCN2CCCCC2)cc2nc(C)nc(Oc3ccc4[nH]ccc4c3)c2c1F. The fraction of sp³-hybridized carbons (Fsp3) is 0.385. The predicted octanol–water partition coefficient (Wildman–Crippen LogP) is 5.61. The molecule has 0 radical (unpaired) electrons. The van der Waals surface area contributed by atoms with E-state index >= 15 is 4.39 Å². The van der Waals surface area contributed by atoms with Crippen molar-refractivity contribution in [3.8, 4) is 23.1 Å². The first kappa shape index (κ1) is 22.4. The molecule has 178 valence electrons. The minimum atomic E-state index is -0.594. The van der Waals surface area contributed by atoms with Crippen molar-refractivity contribution in [3.63, 3.8) is 0 Å². The number of aromatic nitrogens is 3. The Kier molecular flexibility index (Phi) is 6.49. The first-order valence-electron chi connectivity index (χ1n) is 11.8. The first-order chi connectivity index (χ1) is 16.6. The van der Waals surface area contributed by atoms with Gasteiger partial charge in [0.15, 0.2) is 17.3 Å². The molecule has 1 N–H and O–H groups in total. The molecule has 1 saturated heterocycles. The molecule has 0 amide bonds. The topological polar surface area (TPSA) is 72.5 Å². The summed E-state index contributed by atoms with van der Waals surface area (Å²) in [5.41, 5.74) is 1.40. The Hall–Kier alpha value is -3.39. The van der Waals surface area contributed by atoms with Crippen LogP contribution in [0.2, 0.25) is 0 Å². The van der Waals surface area contributed by atoms with E-state index in [1.54, 1.807) is 13.0 Å². The Morgan fingerprint density at radius 1 is 1.09 bits per heavy atom. The number of nitrogens with zero attached hydrogens (tertiary/aromatic N) is 3. The second kappa shape index (κ2) is 9.85. The van der Waals surface area contributed by atoms with Crippen LogP contribution in [0, 0.1) is 12.7 Å². The fourth-order valence-electron chi connectivity index (χ4n) is 4.52. The van der Waals surface area contributed by atoms with Crippen molar-refractivity contribution >= 4 is 21.8 Å². The summed E-state index contributed by atoms with van der Waals surface area (Å²) in [4.78, 5) is 14.4. The molecule has 4 aromatic rings. The largest absolute Gasteiger partial charge is 0.490 e. The number of H-pyrrole nitrogens is 1. The van der Waals surface area contributed by atoms with E-state index in [2.05, 4.69) is 19.9 Å². The van der Waals surface area contributed by atoms with Gasteiger partial charge in [0.2, 0.25) is 5.88 Å². The van der Waals surface area contributed by atoms with Gasteiger partial charge in [-0.25, -0.2) is 9.37 Å². The highest BCUT2D eigenvalue weighted by Crippen LogP contribution is 2.40. The molecule has 0 bridgehead atoms. The van der Waals surface area contributed by atoms with E-state index < -0.39 is 5.82 Å². The van der Waals surface area contributed by atoms with Gasteiger partial charge in [0, 0.05) is 29.7 Å². The van der Waals surface area contributed by atoms with Crippen LogP contribution in [0.3, 0.4) is 0 Å². The van der Waals surface area contributed by atoms with Gasteiger partial charge < -0.3 is 24.1 Å². The molecule has 34 heavy (non-hydrogen) atoms. The molecule has 0 spiro atoms. The quantitative estimate of drug-likeness (QED) is 0.342. The van der Waals surface area contributed by atoms with Crippen LogP contribution in [0.25, 0.3) is 21.8 Å². The van der Waals surface area contributed by atoms with E-state index in [1.165, 1.54) is 26.4 Å². The van der Waals surface area contributed by atoms with Gasteiger partial charge in [0.25, 0.3) is 0 Å². The molecule has 5 rings (SSSR count). The Bertz CT molecular complexity index is 1300. The average molecular weight is 465 g/mol. The van der Waals surface area contributed by atoms with Crippen molar-refractivity contribution < 1.29 is 18.6 Å². The maximum absolute atomic E-state index is 15.7. The number of benzene rings is 2. The summed E-state index contributed by atoms with van der Waals surface area (Å²) in [7, 11) is 1.43. The molecular formula is C26H29FN4O3. The normalized spacial score (nSPS) is 14.6. The number of aromatic amines is 1. The minimum Gasteiger partial charge on any atom is -0.490 e. The molecule has 1 aliphatic rings. The highest BCUT2D eigenvalue weighted by molar-refractivity contribution is 5.88. The summed E-state index contributed by atoms with van der Waals surface area (Å²) in [5, 5.41) is 1.16. The molecular weight excluding hydrogens is 435 g/mol. The lowest BCUT2D eigenvalue weighted by molar-refractivity contribution is 0.202. The van der Waals surface area contributed by atoms with E-state index in [0.29, 0.717) is 29.4 Å². The number of halogens is 1. The van der Waals surface area contributed by atoms with E-state index in [4.69, 9.17) is 14.2 Å². The average Bonchev–Trinajstić information content (AvgIpc) is 3.30. The predicted molar refractivity (Wildman–Crippen MR) is 130 cm³/mol. The van der Waals surface area contributed by atoms with Gasteiger partial charge in [-0.2, -0.15) is 4.98 Å². The number of methoxy groups -OCH3 is 1. The zero-order valence-electron chi connectivity index (χ0n) is 19.6. The number of aryl methyl sites for hydroxylation is 1. The van der Waals surface area contributed by atoms with Crippen LogP contribution in [-0.4, -0.2) is 53.2 Å². The number of fused-ring (bicyclic) bond motifs is 2. The van der Waals surface area contributed by atoms with Crippen molar-refractivity contribution in [2.75, 3.05) is 33.4 Å². The summed E-state index contributed by atoms with van der Waals surface area (Å²) in [5.74, 6) is 0.954. The zero-order chi connectivity index (χ0) is 23.5. The summed E-state index contributed by atoms with van der Waals surface area (Å²) in [6, 6.07) is 9.26. The number of hydrogen-bond donors (Lipinski definition) is 1. The third-order valence-electron chi connectivity index (χ3n) is 6.19. The third-order valence-corrected chi connectivity index (χ3v) is 6.19. The van der Waals surface area contributed by atoms with Crippen molar-refractivity contribution in [2.24, 2.45) is 0 Å². The standard InChI is InChI=1S/C26H29FN4O3/c1-17-29-21-16-22(33-14-6-13-31-11-4-3-5-12-31)25(32-2)24(27)23(21)26(30-17)34-19-7-8-20-18(15-19)9-10-28-20/h7-10,15-16,28H,3-6,11-14H2,1-2H3. The summed E-state index contributed by atoms with van der Waals surface area (Å²) in [6.45, 7) is 5.49. The van der Waals surface area contributed by atoms with Crippen LogP contribution < -0.4 is 14.2 Å². The zero-order valence-corrected chi connectivity index (χ0v) is 19.6. The highest BCUT2D eigenvalue weighted by atomic mass is 19.1. The minimum absolute atomic E-state index is 0.0314. The molecule has 3 heterocycles. The number of rotatable bonds is 8. The van der Waals surface area contributed by atoms with Crippen LogP contribution in [-0.2, 0) is 0 Å². The molecule has 2 aromatic carbocycles. The Morgan fingerprint density at radius 2 is 1.94 bits per heavy atom.